The van der Waals surface area contributed by atoms with Crippen LogP contribution in [-0.4, -0.2) is 4.57 Å². The number of hydrogen-bond acceptors (Lipinski definition) is 2. The first kappa shape index (κ1) is 36.8. The van der Waals surface area contributed by atoms with Crippen LogP contribution in [0.5, 0.6) is 0 Å². The standard InChI is InChI=1S/C60H40N2S/c1-2-10-41(11-3-1)42-18-20-43(21-19-42)44-22-31-49(32-23-44)61(51-35-28-47(29-36-51)48-30-39-56-55-14-6-9-17-59(55)63-60(56)40-48)50-33-24-45(25-34-50)46-26-37-52(38-27-46)62-57-15-7-4-12-53(57)54-13-5-8-16-58(54)62/h1-40H. The zero-order chi connectivity index (χ0) is 41.7. The van der Waals surface area contributed by atoms with Crippen LogP contribution < -0.4 is 4.90 Å². The van der Waals surface area contributed by atoms with E-state index in [-0.39, 0.29) is 0 Å². The Balaban J connectivity index is 0.874. The van der Waals surface area contributed by atoms with E-state index in [0.29, 0.717) is 0 Å². The van der Waals surface area contributed by atoms with E-state index in [1.54, 1.807) is 0 Å². The summed E-state index contributed by atoms with van der Waals surface area (Å²) in [5, 5.41) is 5.19. The van der Waals surface area contributed by atoms with Crippen LogP contribution in [0, 0.1) is 0 Å². The van der Waals surface area contributed by atoms with Crippen molar-refractivity contribution in [2.24, 2.45) is 0 Å². The molecule has 0 spiro atoms. The van der Waals surface area contributed by atoms with E-state index in [1.165, 1.54) is 86.5 Å². The molecule has 0 bridgehead atoms. The van der Waals surface area contributed by atoms with Gasteiger partial charge in [0.2, 0.25) is 0 Å². The van der Waals surface area contributed by atoms with Crippen LogP contribution in [0.4, 0.5) is 17.1 Å². The van der Waals surface area contributed by atoms with Crippen molar-refractivity contribution in [2.75, 3.05) is 4.90 Å². The Kier molecular flexibility index (Phi) is 9.06. The molecule has 12 rings (SSSR count). The molecule has 3 heteroatoms. The zero-order valence-corrected chi connectivity index (χ0v) is 35.2. The lowest BCUT2D eigenvalue weighted by atomic mass is 10.00. The molecule has 0 aliphatic carbocycles. The van der Waals surface area contributed by atoms with Gasteiger partial charge in [0.25, 0.3) is 0 Å². The van der Waals surface area contributed by atoms with E-state index in [1.807, 2.05) is 11.3 Å². The maximum atomic E-state index is 2.37. The number of nitrogens with zero attached hydrogens (tertiary/aromatic N) is 2. The summed E-state index contributed by atoms with van der Waals surface area (Å²) in [4.78, 5) is 2.36. The molecule has 0 unspecified atom stereocenters. The maximum Gasteiger partial charge on any atom is 0.0541 e. The molecule has 0 radical (unpaired) electrons. The average molecular weight is 821 g/mol. The highest BCUT2D eigenvalue weighted by Gasteiger charge is 2.16. The molecular formula is C60H40N2S. The van der Waals surface area contributed by atoms with Gasteiger partial charge < -0.3 is 9.47 Å². The average Bonchev–Trinajstić information content (AvgIpc) is 3.91. The van der Waals surface area contributed by atoms with E-state index >= 15 is 0 Å². The fourth-order valence-electron chi connectivity index (χ4n) is 9.25. The Bertz CT molecular complexity index is 3510. The molecule has 63 heavy (non-hydrogen) atoms. The molecule has 0 saturated carbocycles. The van der Waals surface area contributed by atoms with Crippen LogP contribution >= 0.6 is 11.3 Å². The molecular weight excluding hydrogens is 781 g/mol. The molecule has 2 aromatic heterocycles. The Morgan fingerprint density at radius 2 is 0.635 bits per heavy atom. The summed E-state index contributed by atoms with van der Waals surface area (Å²) in [6.07, 6.45) is 0. The Hall–Kier alpha value is -7.98. The predicted octanol–water partition coefficient (Wildman–Crippen LogP) is 17.3. The van der Waals surface area contributed by atoms with Gasteiger partial charge in [-0.25, -0.2) is 0 Å². The highest BCUT2D eigenvalue weighted by Crippen LogP contribution is 2.40. The van der Waals surface area contributed by atoms with Gasteiger partial charge in [-0.2, -0.15) is 0 Å². The number of hydrogen-bond donors (Lipinski definition) is 0. The first-order chi connectivity index (χ1) is 31.2. The highest BCUT2D eigenvalue weighted by atomic mass is 32.1. The Morgan fingerprint density at radius 3 is 1.16 bits per heavy atom. The lowest BCUT2D eigenvalue weighted by molar-refractivity contribution is 1.18. The van der Waals surface area contributed by atoms with Crippen LogP contribution in [0.15, 0.2) is 243 Å². The molecule has 0 aliphatic rings. The van der Waals surface area contributed by atoms with Crippen molar-refractivity contribution in [3.8, 4) is 50.2 Å². The number of benzene rings is 10. The Morgan fingerprint density at radius 1 is 0.270 bits per heavy atom. The van der Waals surface area contributed by atoms with Gasteiger partial charge in [0.15, 0.2) is 0 Å². The zero-order valence-electron chi connectivity index (χ0n) is 34.4. The summed E-state index contributed by atoms with van der Waals surface area (Å²) in [5.74, 6) is 0. The van der Waals surface area contributed by atoms with Crippen LogP contribution in [0.1, 0.15) is 0 Å². The van der Waals surface area contributed by atoms with Gasteiger partial charge >= 0.3 is 0 Å². The van der Waals surface area contributed by atoms with E-state index in [0.717, 1.165) is 22.7 Å². The summed E-state index contributed by atoms with van der Waals surface area (Å²) < 4.78 is 5.01. The molecule has 10 aromatic carbocycles. The van der Waals surface area contributed by atoms with Gasteiger partial charge in [0.05, 0.1) is 11.0 Å². The third-order valence-corrected chi connectivity index (χ3v) is 13.6. The van der Waals surface area contributed by atoms with Crippen LogP contribution in [0.3, 0.4) is 0 Å². The molecule has 0 fully saturated rings. The number of aromatic nitrogens is 1. The summed E-state index contributed by atoms with van der Waals surface area (Å²) in [6, 6.07) is 88.3. The lowest BCUT2D eigenvalue weighted by Gasteiger charge is -2.26. The first-order valence-electron chi connectivity index (χ1n) is 21.5. The number of rotatable bonds is 8. The molecule has 0 N–H and O–H groups in total. The van der Waals surface area contributed by atoms with E-state index in [4.69, 9.17) is 0 Å². The molecule has 0 aliphatic heterocycles. The number of anilines is 3. The number of para-hydroxylation sites is 2. The fraction of sp³-hybridized carbons (Fsp3) is 0. The monoisotopic (exact) mass is 820 g/mol. The van der Waals surface area contributed by atoms with Crippen LogP contribution in [0.2, 0.25) is 0 Å². The molecule has 0 saturated heterocycles. The van der Waals surface area contributed by atoms with Gasteiger partial charge in [0.1, 0.15) is 0 Å². The summed E-state index contributed by atoms with van der Waals surface area (Å²) in [7, 11) is 0. The van der Waals surface area contributed by atoms with Crippen molar-refractivity contribution in [1.82, 2.24) is 4.57 Å². The normalized spacial score (nSPS) is 11.5. The van der Waals surface area contributed by atoms with Crippen LogP contribution in [0.25, 0.3) is 92.2 Å². The smallest absolute Gasteiger partial charge is 0.0541 e. The quantitative estimate of drug-likeness (QED) is 0.148. The van der Waals surface area contributed by atoms with Gasteiger partial charge in [0, 0.05) is 53.7 Å². The molecule has 0 amide bonds. The van der Waals surface area contributed by atoms with Crippen molar-refractivity contribution >= 4 is 70.4 Å². The van der Waals surface area contributed by atoms with Crippen molar-refractivity contribution in [3.05, 3.63) is 243 Å². The SMILES string of the molecule is c1ccc(-c2ccc(-c3ccc(N(c4ccc(-c5ccc(-n6c7ccccc7c7ccccc76)cc5)cc4)c4ccc(-c5ccc6c(c5)sc5ccccc56)cc4)cc3)cc2)cc1. The van der Waals surface area contributed by atoms with Crippen molar-refractivity contribution in [1.29, 1.82) is 0 Å². The number of fused-ring (bicyclic) bond motifs is 6. The second-order valence-corrected chi connectivity index (χ2v) is 17.2. The lowest BCUT2D eigenvalue weighted by Crippen LogP contribution is -2.09. The molecule has 2 heterocycles. The third kappa shape index (κ3) is 6.67. The molecule has 296 valence electrons. The van der Waals surface area contributed by atoms with Crippen molar-refractivity contribution in [2.45, 2.75) is 0 Å². The fourth-order valence-corrected chi connectivity index (χ4v) is 10.4. The Labute approximate surface area is 370 Å². The summed E-state index contributed by atoms with van der Waals surface area (Å²) in [6.45, 7) is 0. The highest BCUT2D eigenvalue weighted by molar-refractivity contribution is 7.25. The maximum absolute atomic E-state index is 2.37. The van der Waals surface area contributed by atoms with Crippen LogP contribution in [-0.2, 0) is 0 Å². The van der Waals surface area contributed by atoms with E-state index in [9.17, 15) is 0 Å². The summed E-state index contributed by atoms with van der Waals surface area (Å²) in [5.41, 5.74) is 16.5. The molecule has 2 nitrogen and oxygen atoms in total. The van der Waals surface area contributed by atoms with Crippen molar-refractivity contribution in [3.63, 3.8) is 0 Å². The minimum Gasteiger partial charge on any atom is -0.311 e. The van der Waals surface area contributed by atoms with Gasteiger partial charge in [-0.15, -0.1) is 11.3 Å². The van der Waals surface area contributed by atoms with Gasteiger partial charge in [-0.3, -0.25) is 0 Å². The first-order valence-corrected chi connectivity index (χ1v) is 22.3. The molecule has 12 aromatic rings. The minimum absolute atomic E-state index is 1.10. The van der Waals surface area contributed by atoms with E-state index in [2.05, 4.69) is 252 Å². The second kappa shape index (κ2) is 15.5. The van der Waals surface area contributed by atoms with E-state index < -0.39 is 0 Å². The number of thiophene rings is 1. The largest absolute Gasteiger partial charge is 0.311 e. The topological polar surface area (TPSA) is 8.17 Å². The molecule has 0 atom stereocenters. The van der Waals surface area contributed by atoms with Gasteiger partial charge in [-0.05, 0) is 117 Å². The van der Waals surface area contributed by atoms with Gasteiger partial charge in [-0.1, -0.05) is 170 Å². The predicted molar refractivity (Wildman–Crippen MR) is 270 cm³/mol. The second-order valence-electron chi connectivity index (χ2n) is 16.1. The third-order valence-electron chi connectivity index (χ3n) is 12.5. The van der Waals surface area contributed by atoms with Crippen molar-refractivity contribution < 1.29 is 0 Å². The summed E-state index contributed by atoms with van der Waals surface area (Å²) >= 11 is 1.86. The minimum atomic E-state index is 1.10.